The van der Waals surface area contributed by atoms with Crippen molar-refractivity contribution in [1.29, 1.82) is 0 Å². The van der Waals surface area contributed by atoms with Crippen LogP contribution in [0.3, 0.4) is 0 Å². The predicted octanol–water partition coefficient (Wildman–Crippen LogP) is 0.735. The summed E-state index contributed by atoms with van der Waals surface area (Å²) < 4.78 is 1.83. The van der Waals surface area contributed by atoms with Crippen LogP contribution in [0.25, 0.3) is 11.0 Å². The highest BCUT2D eigenvalue weighted by Gasteiger charge is 2.05. The number of aromatic nitrogens is 3. The standard InChI is InChI=1S/C9H12N4/c1-6-8-3-7(4-10)5-11-9(8)12-13(6)2/h3,5H,4,10H2,1-2H3. The molecular weight excluding hydrogens is 164 g/mol. The molecule has 0 saturated carbocycles. The third-order valence-corrected chi connectivity index (χ3v) is 2.28. The highest BCUT2D eigenvalue weighted by Crippen LogP contribution is 2.15. The largest absolute Gasteiger partial charge is 0.326 e. The molecule has 0 aliphatic heterocycles. The van der Waals surface area contributed by atoms with Crippen molar-refractivity contribution in [2.75, 3.05) is 0 Å². The second-order valence-corrected chi connectivity index (χ2v) is 3.13. The maximum absolute atomic E-state index is 5.53. The molecule has 2 N–H and O–H groups in total. The lowest BCUT2D eigenvalue weighted by molar-refractivity contribution is 0.748. The number of aryl methyl sites for hydroxylation is 2. The van der Waals surface area contributed by atoms with E-state index in [1.54, 1.807) is 6.20 Å². The highest BCUT2D eigenvalue weighted by atomic mass is 15.3. The van der Waals surface area contributed by atoms with Gasteiger partial charge in [-0.25, -0.2) is 4.98 Å². The molecule has 0 aliphatic rings. The van der Waals surface area contributed by atoms with E-state index >= 15 is 0 Å². The Morgan fingerprint density at radius 2 is 2.31 bits per heavy atom. The molecule has 0 aliphatic carbocycles. The van der Waals surface area contributed by atoms with Crippen molar-refractivity contribution in [1.82, 2.24) is 14.8 Å². The van der Waals surface area contributed by atoms with Gasteiger partial charge in [0.05, 0.1) is 0 Å². The van der Waals surface area contributed by atoms with E-state index in [4.69, 9.17) is 5.73 Å². The monoisotopic (exact) mass is 176 g/mol. The van der Waals surface area contributed by atoms with Crippen molar-refractivity contribution in [2.24, 2.45) is 12.8 Å². The number of pyridine rings is 1. The van der Waals surface area contributed by atoms with Crippen molar-refractivity contribution >= 4 is 11.0 Å². The molecular formula is C9H12N4. The number of rotatable bonds is 1. The van der Waals surface area contributed by atoms with Crippen LogP contribution in [-0.4, -0.2) is 14.8 Å². The number of nitrogens with zero attached hydrogens (tertiary/aromatic N) is 3. The third-order valence-electron chi connectivity index (χ3n) is 2.28. The molecule has 0 bridgehead atoms. The van der Waals surface area contributed by atoms with Crippen LogP contribution < -0.4 is 5.73 Å². The molecule has 13 heavy (non-hydrogen) atoms. The van der Waals surface area contributed by atoms with Gasteiger partial charge in [0.25, 0.3) is 0 Å². The smallest absolute Gasteiger partial charge is 0.181 e. The van der Waals surface area contributed by atoms with Gasteiger partial charge in [0.2, 0.25) is 0 Å². The lowest BCUT2D eigenvalue weighted by Gasteiger charge is -1.95. The van der Waals surface area contributed by atoms with Gasteiger partial charge in [-0.15, -0.1) is 0 Å². The van der Waals surface area contributed by atoms with Crippen molar-refractivity contribution in [3.63, 3.8) is 0 Å². The first-order valence-electron chi connectivity index (χ1n) is 4.20. The maximum atomic E-state index is 5.53. The summed E-state index contributed by atoms with van der Waals surface area (Å²) >= 11 is 0. The molecule has 2 aromatic heterocycles. The molecule has 0 fully saturated rings. The summed E-state index contributed by atoms with van der Waals surface area (Å²) in [6, 6.07) is 2.05. The SMILES string of the molecule is Cc1c2cc(CN)cnc2nn1C. The fourth-order valence-corrected chi connectivity index (χ4v) is 1.35. The van der Waals surface area contributed by atoms with E-state index in [0.717, 1.165) is 22.3 Å². The van der Waals surface area contributed by atoms with Gasteiger partial charge >= 0.3 is 0 Å². The van der Waals surface area contributed by atoms with E-state index < -0.39 is 0 Å². The fraction of sp³-hybridized carbons (Fsp3) is 0.333. The van der Waals surface area contributed by atoms with Crippen LogP contribution >= 0.6 is 0 Å². The van der Waals surface area contributed by atoms with Crippen molar-refractivity contribution in [3.8, 4) is 0 Å². The Balaban J connectivity index is 2.75. The van der Waals surface area contributed by atoms with Gasteiger partial charge in [-0.05, 0) is 18.6 Å². The average Bonchev–Trinajstić information content (AvgIpc) is 2.43. The van der Waals surface area contributed by atoms with Crippen LogP contribution in [0, 0.1) is 6.92 Å². The Kier molecular flexibility index (Phi) is 1.77. The molecule has 2 aromatic rings. The Labute approximate surface area is 76.4 Å². The molecule has 4 heteroatoms. The molecule has 2 heterocycles. The lowest BCUT2D eigenvalue weighted by atomic mass is 10.2. The van der Waals surface area contributed by atoms with Crippen LogP contribution in [0.2, 0.25) is 0 Å². The van der Waals surface area contributed by atoms with E-state index in [1.807, 2.05) is 24.7 Å². The zero-order valence-electron chi connectivity index (χ0n) is 7.78. The Morgan fingerprint density at radius 1 is 1.54 bits per heavy atom. The van der Waals surface area contributed by atoms with E-state index in [0.29, 0.717) is 6.54 Å². The van der Waals surface area contributed by atoms with E-state index in [1.165, 1.54) is 0 Å². The fourth-order valence-electron chi connectivity index (χ4n) is 1.35. The molecule has 4 nitrogen and oxygen atoms in total. The van der Waals surface area contributed by atoms with Crippen molar-refractivity contribution < 1.29 is 0 Å². The van der Waals surface area contributed by atoms with E-state index in [2.05, 4.69) is 10.1 Å². The molecule has 2 rings (SSSR count). The number of hydrogen-bond donors (Lipinski definition) is 1. The van der Waals surface area contributed by atoms with Gasteiger partial charge in [0.15, 0.2) is 5.65 Å². The second-order valence-electron chi connectivity index (χ2n) is 3.13. The highest BCUT2D eigenvalue weighted by molar-refractivity contribution is 5.78. The molecule has 0 aromatic carbocycles. The first-order valence-corrected chi connectivity index (χ1v) is 4.20. The first kappa shape index (κ1) is 8.19. The topological polar surface area (TPSA) is 56.7 Å². The molecule has 0 unspecified atom stereocenters. The van der Waals surface area contributed by atoms with Gasteiger partial charge in [0.1, 0.15) is 0 Å². The number of nitrogens with two attached hydrogens (primary N) is 1. The molecule has 0 spiro atoms. The van der Waals surface area contributed by atoms with Gasteiger partial charge in [-0.2, -0.15) is 5.10 Å². The summed E-state index contributed by atoms with van der Waals surface area (Å²) in [5.41, 5.74) is 8.49. The molecule has 0 radical (unpaired) electrons. The van der Waals surface area contributed by atoms with Crippen molar-refractivity contribution in [2.45, 2.75) is 13.5 Å². The van der Waals surface area contributed by atoms with Gasteiger partial charge < -0.3 is 5.73 Å². The molecule has 0 saturated heterocycles. The minimum Gasteiger partial charge on any atom is -0.326 e. The lowest BCUT2D eigenvalue weighted by Crippen LogP contribution is -1.96. The summed E-state index contributed by atoms with van der Waals surface area (Å²) in [6.45, 7) is 2.55. The molecule has 68 valence electrons. The Morgan fingerprint density at radius 3 is 3.00 bits per heavy atom. The maximum Gasteiger partial charge on any atom is 0.181 e. The zero-order chi connectivity index (χ0) is 9.42. The Bertz CT molecular complexity index is 444. The number of fused-ring (bicyclic) bond motifs is 1. The average molecular weight is 176 g/mol. The summed E-state index contributed by atoms with van der Waals surface area (Å²) in [4.78, 5) is 4.22. The van der Waals surface area contributed by atoms with Crippen LogP contribution in [0.4, 0.5) is 0 Å². The zero-order valence-corrected chi connectivity index (χ0v) is 7.78. The minimum absolute atomic E-state index is 0.525. The van der Waals surface area contributed by atoms with Crippen LogP contribution in [-0.2, 0) is 13.6 Å². The summed E-state index contributed by atoms with van der Waals surface area (Å²) in [5, 5.41) is 5.34. The minimum atomic E-state index is 0.525. The van der Waals surface area contributed by atoms with Gasteiger partial charge in [0, 0.05) is 30.9 Å². The second kappa shape index (κ2) is 2.81. The van der Waals surface area contributed by atoms with E-state index in [9.17, 15) is 0 Å². The third kappa shape index (κ3) is 1.19. The number of hydrogen-bond acceptors (Lipinski definition) is 3. The Hall–Kier alpha value is -1.42. The van der Waals surface area contributed by atoms with Crippen LogP contribution in [0.1, 0.15) is 11.3 Å². The predicted molar refractivity (Wildman–Crippen MR) is 51.1 cm³/mol. The van der Waals surface area contributed by atoms with Gasteiger partial charge in [-0.1, -0.05) is 0 Å². The van der Waals surface area contributed by atoms with Crippen molar-refractivity contribution in [3.05, 3.63) is 23.5 Å². The summed E-state index contributed by atoms with van der Waals surface area (Å²) in [6.07, 6.45) is 1.77. The quantitative estimate of drug-likeness (QED) is 0.697. The normalized spacial score (nSPS) is 11.0. The molecule has 0 atom stereocenters. The summed E-state index contributed by atoms with van der Waals surface area (Å²) in [7, 11) is 1.92. The van der Waals surface area contributed by atoms with Crippen LogP contribution in [0.5, 0.6) is 0 Å². The van der Waals surface area contributed by atoms with Crippen LogP contribution in [0.15, 0.2) is 12.3 Å². The molecule has 0 amide bonds. The first-order chi connectivity index (χ1) is 6.22. The summed E-state index contributed by atoms with van der Waals surface area (Å²) in [5.74, 6) is 0. The van der Waals surface area contributed by atoms with Gasteiger partial charge in [-0.3, -0.25) is 4.68 Å². The van der Waals surface area contributed by atoms with E-state index in [-0.39, 0.29) is 0 Å².